The number of rotatable bonds is 3. The van der Waals surface area contributed by atoms with Gasteiger partial charge < -0.3 is 5.32 Å². The van der Waals surface area contributed by atoms with E-state index in [1.54, 1.807) is 0 Å². The predicted octanol–water partition coefficient (Wildman–Crippen LogP) is 6.17. The van der Waals surface area contributed by atoms with Crippen molar-refractivity contribution in [2.24, 2.45) is 0 Å². The van der Waals surface area contributed by atoms with Crippen molar-refractivity contribution in [1.29, 1.82) is 0 Å². The highest BCUT2D eigenvalue weighted by molar-refractivity contribution is 5.39. The molecule has 0 spiro atoms. The molecule has 2 aromatic carbocycles. The van der Waals surface area contributed by atoms with Crippen LogP contribution in [0.1, 0.15) is 82.6 Å². The van der Waals surface area contributed by atoms with Gasteiger partial charge in [0.2, 0.25) is 0 Å². The first-order chi connectivity index (χ1) is 12.2. The average Bonchev–Trinajstić information content (AvgIpc) is 3.08. The second-order valence-electron chi connectivity index (χ2n) is 9.92. The Morgan fingerprint density at radius 1 is 0.731 bits per heavy atom. The SMILES string of the molecule is CC(C)(C)c1ccc(C(c2ccc(C(C)(C)C)cc2)C2CCCN2)cc1. The van der Waals surface area contributed by atoms with E-state index in [1.807, 2.05) is 0 Å². The zero-order valence-electron chi connectivity index (χ0n) is 17.4. The lowest BCUT2D eigenvalue weighted by Crippen LogP contribution is -2.29. The van der Waals surface area contributed by atoms with Crippen molar-refractivity contribution in [3.63, 3.8) is 0 Å². The third kappa shape index (κ3) is 4.20. The summed E-state index contributed by atoms with van der Waals surface area (Å²) in [6.07, 6.45) is 2.54. The molecule has 1 atom stereocenters. The number of hydrogen-bond acceptors (Lipinski definition) is 1. The summed E-state index contributed by atoms with van der Waals surface area (Å²) < 4.78 is 0. The third-order valence-corrected chi connectivity index (χ3v) is 5.77. The van der Waals surface area contributed by atoms with E-state index < -0.39 is 0 Å². The molecular weight excluding hydrogens is 314 g/mol. The van der Waals surface area contributed by atoms with Crippen molar-refractivity contribution in [1.82, 2.24) is 5.32 Å². The molecule has 0 aliphatic carbocycles. The van der Waals surface area contributed by atoms with Crippen LogP contribution in [0.2, 0.25) is 0 Å². The lowest BCUT2D eigenvalue weighted by atomic mass is 9.80. The van der Waals surface area contributed by atoms with Crippen molar-refractivity contribution in [3.8, 4) is 0 Å². The van der Waals surface area contributed by atoms with Crippen molar-refractivity contribution >= 4 is 0 Å². The number of nitrogens with one attached hydrogen (secondary N) is 1. The van der Waals surface area contributed by atoms with Crippen LogP contribution in [0.3, 0.4) is 0 Å². The highest BCUT2D eigenvalue weighted by atomic mass is 14.9. The summed E-state index contributed by atoms with van der Waals surface area (Å²) in [5.74, 6) is 0.431. The maximum Gasteiger partial charge on any atom is 0.0243 e. The van der Waals surface area contributed by atoms with Gasteiger partial charge in [-0.3, -0.25) is 0 Å². The second-order valence-corrected chi connectivity index (χ2v) is 9.92. The summed E-state index contributed by atoms with van der Waals surface area (Å²) in [6.45, 7) is 14.8. The Hall–Kier alpha value is -1.60. The maximum atomic E-state index is 3.74. The fourth-order valence-corrected chi connectivity index (χ4v) is 4.03. The minimum Gasteiger partial charge on any atom is -0.313 e. The summed E-state index contributed by atoms with van der Waals surface area (Å²) >= 11 is 0. The molecule has 1 aliphatic heterocycles. The molecule has 0 aromatic heterocycles. The molecule has 1 saturated heterocycles. The van der Waals surface area contributed by atoms with E-state index in [2.05, 4.69) is 95.4 Å². The molecule has 0 bridgehead atoms. The highest BCUT2D eigenvalue weighted by Crippen LogP contribution is 2.34. The van der Waals surface area contributed by atoms with Gasteiger partial charge in [0.25, 0.3) is 0 Å². The van der Waals surface area contributed by atoms with Gasteiger partial charge in [0, 0.05) is 12.0 Å². The summed E-state index contributed by atoms with van der Waals surface area (Å²) in [7, 11) is 0. The standard InChI is InChI=1S/C25H35N/c1-24(2,3)20-13-9-18(10-14-20)23(22-8-7-17-26-22)19-11-15-21(16-12-19)25(4,5)6/h9-16,22-23,26H,7-8,17H2,1-6H3. The van der Waals surface area contributed by atoms with Crippen LogP contribution in [0.5, 0.6) is 0 Å². The van der Waals surface area contributed by atoms with Crippen LogP contribution in [0.25, 0.3) is 0 Å². The van der Waals surface area contributed by atoms with E-state index in [1.165, 1.54) is 35.1 Å². The predicted molar refractivity (Wildman–Crippen MR) is 113 cm³/mol. The van der Waals surface area contributed by atoms with Gasteiger partial charge in [-0.25, -0.2) is 0 Å². The average molecular weight is 350 g/mol. The lowest BCUT2D eigenvalue weighted by molar-refractivity contribution is 0.538. The Morgan fingerprint density at radius 2 is 1.15 bits per heavy atom. The molecule has 0 saturated carbocycles. The topological polar surface area (TPSA) is 12.0 Å². The molecule has 26 heavy (non-hydrogen) atoms. The Kier molecular flexibility index (Phi) is 5.30. The van der Waals surface area contributed by atoms with Gasteiger partial charge in [-0.05, 0) is 52.5 Å². The van der Waals surface area contributed by atoms with Gasteiger partial charge >= 0.3 is 0 Å². The summed E-state index contributed by atoms with van der Waals surface area (Å²) in [5, 5.41) is 3.74. The quantitative estimate of drug-likeness (QED) is 0.699. The highest BCUT2D eigenvalue weighted by Gasteiger charge is 2.28. The Bertz CT molecular complexity index is 647. The van der Waals surface area contributed by atoms with Crippen molar-refractivity contribution in [2.75, 3.05) is 6.54 Å². The first kappa shape index (κ1) is 19.2. The molecule has 0 radical (unpaired) electrons. The van der Waals surface area contributed by atoms with Gasteiger partial charge in [0.15, 0.2) is 0 Å². The normalized spacial score (nSPS) is 18.5. The minimum absolute atomic E-state index is 0.202. The molecular formula is C25H35N. The lowest BCUT2D eigenvalue weighted by Gasteiger charge is -2.27. The van der Waals surface area contributed by atoms with Gasteiger partial charge in [-0.15, -0.1) is 0 Å². The van der Waals surface area contributed by atoms with Crippen LogP contribution in [-0.4, -0.2) is 12.6 Å². The Morgan fingerprint density at radius 3 is 1.46 bits per heavy atom. The van der Waals surface area contributed by atoms with Crippen LogP contribution in [0.4, 0.5) is 0 Å². The molecule has 1 unspecified atom stereocenters. The molecule has 1 N–H and O–H groups in total. The fourth-order valence-electron chi connectivity index (χ4n) is 4.03. The third-order valence-electron chi connectivity index (χ3n) is 5.77. The molecule has 0 amide bonds. The van der Waals surface area contributed by atoms with E-state index in [-0.39, 0.29) is 10.8 Å². The summed E-state index contributed by atoms with van der Waals surface area (Å²) in [6, 6.07) is 19.2. The maximum absolute atomic E-state index is 3.74. The van der Waals surface area contributed by atoms with Crippen LogP contribution >= 0.6 is 0 Å². The van der Waals surface area contributed by atoms with Gasteiger partial charge in [0.05, 0.1) is 0 Å². The van der Waals surface area contributed by atoms with E-state index in [0.717, 1.165) is 6.54 Å². The molecule has 1 heteroatoms. The van der Waals surface area contributed by atoms with Crippen LogP contribution < -0.4 is 5.32 Å². The van der Waals surface area contributed by atoms with Gasteiger partial charge in [-0.1, -0.05) is 90.1 Å². The largest absolute Gasteiger partial charge is 0.313 e. The van der Waals surface area contributed by atoms with Crippen molar-refractivity contribution in [3.05, 3.63) is 70.8 Å². The van der Waals surface area contributed by atoms with Gasteiger partial charge in [0.1, 0.15) is 0 Å². The van der Waals surface area contributed by atoms with Crippen LogP contribution in [0, 0.1) is 0 Å². The number of benzene rings is 2. The van der Waals surface area contributed by atoms with Crippen LogP contribution in [-0.2, 0) is 10.8 Å². The fraction of sp³-hybridized carbons (Fsp3) is 0.520. The number of hydrogen-bond donors (Lipinski definition) is 1. The van der Waals surface area contributed by atoms with E-state index in [9.17, 15) is 0 Å². The van der Waals surface area contributed by atoms with Crippen LogP contribution in [0.15, 0.2) is 48.5 Å². The van der Waals surface area contributed by atoms with Crippen molar-refractivity contribution in [2.45, 2.75) is 77.2 Å². The Balaban J connectivity index is 1.95. The Labute approximate surface area is 160 Å². The van der Waals surface area contributed by atoms with E-state index >= 15 is 0 Å². The molecule has 1 fully saturated rings. The van der Waals surface area contributed by atoms with E-state index in [4.69, 9.17) is 0 Å². The smallest absolute Gasteiger partial charge is 0.0243 e. The molecule has 3 rings (SSSR count). The molecule has 1 nitrogen and oxygen atoms in total. The summed E-state index contributed by atoms with van der Waals surface area (Å²) in [4.78, 5) is 0. The second kappa shape index (κ2) is 7.19. The molecule has 2 aromatic rings. The zero-order chi connectivity index (χ0) is 18.9. The summed E-state index contributed by atoms with van der Waals surface area (Å²) in [5.41, 5.74) is 6.08. The van der Waals surface area contributed by atoms with Crippen molar-refractivity contribution < 1.29 is 0 Å². The monoisotopic (exact) mass is 349 g/mol. The van der Waals surface area contributed by atoms with E-state index in [0.29, 0.717) is 12.0 Å². The molecule has 140 valence electrons. The van der Waals surface area contributed by atoms with Gasteiger partial charge in [-0.2, -0.15) is 0 Å². The first-order valence-corrected chi connectivity index (χ1v) is 10.1. The zero-order valence-corrected chi connectivity index (χ0v) is 17.4. The molecule has 1 aliphatic rings. The molecule has 1 heterocycles. The minimum atomic E-state index is 0.202. The first-order valence-electron chi connectivity index (χ1n) is 10.1.